The molecule has 134 valence electrons. The van der Waals surface area contributed by atoms with E-state index in [0.717, 1.165) is 25.0 Å². The zero-order valence-corrected chi connectivity index (χ0v) is 15.4. The minimum atomic E-state index is -3.66. The molecule has 1 aliphatic heterocycles. The van der Waals surface area contributed by atoms with Crippen molar-refractivity contribution in [2.45, 2.75) is 30.2 Å². The van der Waals surface area contributed by atoms with Crippen LogP contribution in [0.4, 0.5) is 0 Å². The van der Waals surface area contributed by atoms with Crippen molar-refractivity contribution in [2.75, 3.05) is 31.8 Å². The fourth-order valence-corrected chi connectivity index (χ4v) is 4.18. The number of carbonyl (C=O) groups is 1. The molecule has 0 aliphatic carbocycles. The second-order valence-electron chi connectivity index (χ2n) is 5.67. The summed E-state index contributed by atoms with van der Waals surface area (Å²) in [5.41, 5.74) is 0.349. The first-order valence-corrected chi connectivity index (χ1v) is 10.9. The van der Waals surface area contributed by atoms with Crippen LogP contribution in [-0.4, -0.2) is 52.1 Å². The second kappa shape index (κ2) is 9.41. The molecule has 24 heavy (non-hydrogen) atoms. The van der Waals surface area contributed by atoms with Gasteiger partial charge in [0.15, 0.2) is 0 Å². The van der Waals surface area contributed by atoms with Crippen LogP contribution in [0.1, 0.15) is 29.6 Å². The van der Waals surface area contributed by atoms with Gasteiger partial charge in [-0.1, -0.05) is 6.07 Å². The van der Waals surface area contributed by atoms with Crippen molar-refractivity contribution in [3.63, 3.8) is 0 Å². The van der Waals surface area contributed by atoms with Crippen LogP contribution in [0.2, 0.25) is 0 Å². The van der Waals surface area contributed by atoms with Gasteiger partial charge in [-0.2, -0.15) is 11.8 Å². The highest BCUT2D eigenvalue weighted by molar-refractivity contribution is 7.98. The number of rotatable bonds is 8. The van der Waals surface area contributed by atoms with E-state index in [2.05, 4.69) is 10.0 Å². The zero-order chi connectivity index (χ0) is 17.4. The lowest BCUT2D eigenvalue weighted by Gasteiger charge is -2.23. The van der Waals surface area contributed by atoms with Crippen molar-refractivity contribution in [3.8, 4) is 0 Å². The van der Waals surface area contributed by atoms with Gasteiger partial charge < -0.3 is 10.1 Å². The van der Waals surface area contributed by atoms with Crippen LogP contribution in [-0.2, 0) is 14.8 Å². The van der Waals surface area contributed by atoms with Gasteiger partial charge in [-0.25, -0.2) is 13.1 Å². The van der Waals surface area contributed by atoms with Gasteiger partial charge in [-0.05, 0) is 49.5 Å². The minimum absolute atomic E-state index is 0.102. The fourth-order valence-electron chi connectivity index (χ4n) is 2.45. The lowest BCUT2D eigenvalue weighted by molar-refractivity contribution is 0.0774. The van der Waals surface area contributed by atoms with Crippen molar-refractivity contribution < 1.29 is 17.9 Å². The van der Waals surface area contributed by atoms with Crippen LogP contribution in [0.15, 0.2) is 29.2 Å². The number of thioether (sulfide) groups is 1. The van der Waals surface area contributed by atoms with E-state index in [1.54, 1.807) is 23.9 Å². The van der Waals surface area contributed by atoms with E-state index in [-0.39, 0.29) is 16.8 Å². The van der Waals surface area contributed by atoms with E-state index in [1.807, 2.05) is 6.26 Å². The Bertz CT molecular complexity index is 643. The molecule has 8 heteroatoms. The Morgan fingerprint density at radius 3 is 2.96 bits per heavy atom. The predicted octanol–water partition coefficient (Wildman–Crippen LogP) is 1.63. The van der Waals surface area contributed by atoms with E-state index in [0.29, 0.717) is 25.3 Å². The molecule has 0 bridgehead atoms. The molecule has 0 aromatic heterocycles. The first-order valence-electron chi connectivity index (χ1n) is 8.00. The number of hydrogen-bond donors (Lipinski definition) is 2. The molecule has 1 saturated heterocycles. The van der Waals surface area contributed by atoms with E-state index in [4.69, 9.17) is 4.74 Å². The smallest absolute Gasteiger partial charge is 0.251 e. The molecule has 2 rings (SSSR count). The summed E-state index contributed by atoms with van der Waals surface area (Å²) in [7, 11) is -3.66. The van der Waals surface area contributed by atoms with Gasteiger partial charge in [0.05, 0.1) is 11.5 Å². The van der Waals surface area contributed by atoms with E-state index < -0.39 is 10.0 Å². The van der Waals surface area contributed by atoms with Gasteiger partial charge in [-0.3, -0.25) is 4.79 Å². The molecule has 1 heterocycles. The summed E-state index contributed by atoms with van der Waals surface area (Å²) >= 11 is 1.72. The second-order valence-corrected chi connectivity index (χ2v) is 8.37. The SMILES string of the molecule is CSCCCNC(=O)c1cccc(S(=O)(=O)N[C@H]2CCCOC2)c1. The first kappa shape index (κ1) is 19.2. The Hall–Kier alpha value is -1.09. The Kier molecular flexibility index (Phi) is 7.54. The minimum Gasteiger partial charge on any atom is -0.380 e. The summed E-state index contributed by atoms with van der Waals surface area (Å²) in [6.45, 7) is 1.63. The molecule has 1 aromatic carbocycles. The number of benzene rings is 1. The highest BCUT2D eigenvalue weighted by atomic mass is 32.2. The molecule has 0 saturated carbocycles. The molecule has 1 fully saturated rings. The molecular weight excluding hydrogens is 348 g/mol. The topological polar surface area (TPSA) is 84.5 Å². The largest absolute Gasteiger partial charge is 0.380 e. The lowest BCUT2D eigenvalue weighted by atomic mass is 10.1. The highest BCUT2D eigenvalue weighted by Crippen LogP contribution is 2.15. The maximum atomic E-state index is 12.5. The molecule has 0 spiro atoms. The van der Waals surface area contributed by atoms with Crippen LogP contribution in [0, 0.1) is 0 Å². The summed E-state index contributed by atoms with van der Waals surface area (Å²) in [4.78, 5) is 12.2. The van der Waals surface area contributed by atoms with Crippen molar-refractivity contribution >= 4 is 27.7 Å². The average Bonchev–Trinajstić information content (AvgIpc) is 2.59. The molecule has 2 N–H and O–H groups in total. The number of sulfonamides is 1. The van der Waals surface area contributed by atoms with Gasteiger partial charge in [0.1, 0.15) is 0 Å². The van der Waals surface area contributed by atoms with Crippen LogP contribution in [0.5, 0.6) is 0 Å². The Morgan fingerprint density at radius 1 is 1.42 bits per heavy atom. The fraction of sp³-hybridized carbons (Fsp3) is 0.562. The van der Waals surface area contributed by atoms with Crippen LogP contribution in [0.3, 0.4) is 0 Å². The maximum absolute atomic E-state index is 12.5. The zero-order valence-electron chi connectivity index (χ0n) is 13.8. The number of hydrogen-bond acceptors (Lipinski definition) is 5. The molecule has 1 aliphatic rings. The van der Waals surface area contributed by atoms with Gasteiger partial charge in [0, 0.05) is 24.8 Å². The summed E-state index contributed by atoms with van der Waals surface area (Å²) < 4.78 is 32.9. The monoisotopic (exact) mass is 372 g/mol. The van der Waals surface area contributed by atoms with E-state index in [9.17, 15) is 13.2 Å². The number of ether oxygens (including phenoxy) is 1. The molecule has 0 unspecified atom stereocenters. The van der Waals surface area contributed by atoms with E-state index >= 15 is 0 Å². The summed E-state index contributed by atoms with van der Waals surface area (Å²) in [6, 6.07) is 5.90. The summed E-state index contributed by atoms with van der Waals surface area (Å²) in [6.07, 6.45) is 4.50. The number of nitrogens with one attached hydrogen (secondary N) is 2. The Balaban J connectivity index is 2.01. The van der Waals surface area contributed by atoms with Crippen molar-refractivity contribution in [1.82, 2.24) is 10.0 Å². The van der Waals surface area contributed by atoms with Gasteiger partial charge in [0.2, 0.25) is 10.0 Å². The number of carbonyl (C=O) groups excluding carboxylic acids is 1. The van der Waals surface area contributed by atoms with Gasteiger partial charge in [0.25, 0.3) is 5.91 Å². The van der Waals surface area contributed by atoms with Crippen LogP contribution >= 0.6 is 11.8 Å². The predicted molar refractivity (Wildman–Crippen MR) is 95.9 cm³/mol. The normalized spacial score (nSPS) is 18.3. The first-order chi connectivity index (χ1) is 11.5. The molecular formula is C16H24N2O4S2. The highest BCUT2D eigenvalue weighted by Gasteiger charge is 2.23. The average molecular weight is 373 g/mol. The Morgan fingerprint density at radius 2 is 2.25 bits per heavy atom. The van der Waals surface area contributed by atoms with Crippen molar-refractivity contribution in [2.24, 2.45) is 0 Å². The van der Waals surface area contributed by atoms with Crippen LogP contribution < -0.4 is 10.0 Å². The third-order valence-corrected chi connectivity index (χ3v) is 5.91. The molecule has 1 atom stereocenters. The van der Waals surface area contributed by atoms with E-state index in [1.165, 1.54) is 12.1 Å². The molecule has 1 aromatic rings. The van der Waals surface area contributed by atoms with Crippen molar-refractivity contribution in [3.05, 3.63) is 29.8 Å². The number of amides is 1. The third-order valence-electron chi connectivity index (χ3n) is 3.70. The quantitative estimate of drug-likeness (QED) is 0.678. The molecule has 0 radical (unpaired) electrons. The summed E-state index contributed by atoms with van der Waals surface area (Å²) in [5.74, 6) is 0.719. The van der Waals surface area contributed by atoms with Gasteiger partial charge >= 0.3 is 0 Å². The standard InChI is InChI=1S/C16H24N2O4S2/c1-23-10-4-8-17-16(19)13-5-2-7-15(11-13)24(20,21)18-14-6-3-9-22-12-14/h2,5,7,11,14,18H,3-4,6,8-10,12H2,1H3,(H,17,19)/t14-/m0/s1. The molecule has 6 nitrogen and oxygen atoms in total. The lowest BCUT2D eigenvalue weighted by Crippen LogP contribution is -2.40. The molecule has 1 amide bonds. The van der Waals surface area contributed by atoms with Crippen LogP contribution in [0.25, 0.3) is 0 Å². The van der Waals surface area contributed by atoms with Crippen molar-refractivity contribution in [1.29, 1.82) is 0 Å². The third kappa shape index (κ3) is 5.77. The summed E-state index contributed by atoms with van der Waals surface area (Å²) in [5, 5.41) is 2.81. The Labute approximate surface area is 147 Å². The van der Waals surface area contributed by atoms with Gasteiger partial charge in [-0.15, -0.1) is 0 Å². The maximum Gasteiger partial charge on any atom is 0.251 e.